The molecule has 0 aromatic carbocycles. The number of rotatable bonds is 2. The molecule has 0 saturated carbocycles. The first-order chi connectivity index (χ1) is 7.18. The minimum Gasteiger partial charge on any atom is -0.478 e. The van der Waals surface area contributed by atoms with E-state index >= 15 is 0 Å². The molecule has 0 bridgehead atoms. The Morgan fingerprint density at radius 1 is 1.47 bits per heavy atom. The largest absolute Gasteiger partial charge is 0.478 e. The van der Waals surface area contributed by atoms with Crippen molar-refractivity contribution in [2.75, 3.05) is 0 Å². The number of H-pyrrole nitrogens is 1. The van der Waals surface area contributed by atoms with Crippen molar-refractivity contribution in [3.63, 3.8) is 0 Å². The van der Waals surface area contributed by atoms with Gasteiger partial charge < -0.3 is 10.1 Å². The van der Waals surface area contributed by atoms with Crippen LogP contribution in [0.2, 0.25) is 0 Å². The number of aromatic amines is 1. The molecule has 2 N–H and O–H groups in total. The van der Waals surface area contributed by atoms with E-state index in [1.165, 1.54) is 6.07 Å². The number of hydrogen-bond donors (Lipinski definition) is 2. The van der Waals surface area contributed by atoms with E-state index in [0.717, 1.165) is 5.56 Å². The highest BCUT2D eigenvalue weighted by atomic mass is 16.4. The number of hydrogen-bond acceptors (Lipinski definition) is 3. The highest BCUT2D eigenvalue weighted by Crippen LogP contribution is 2.17. The zero-order chi connectivity index (χ0) is 10.8. The van der Waals surface area contributed by atoms with Crippen LogP contribution in [0.5, 0.6) is 0 Å². The van der Waals surface area contributed by atoms with Gasteiger partial charge in [0.2, 0.25) is 0 Å². The Hall–Kier alpha value is -2.17. The number of nitrogens with one attached hydrogen (secondary N) is 1. The first-order valence-corrected chi connectivity index (χ1v) is 4.39. The van der Waals surface area contributed by atoms with E-state index in [1.807, 2.05) is 6.07 Å². The summed E-state index contributed by atoms with van der Waals surface area (Å²) >= 11 is 0. The average molecular weight is 203 g/mol. The van der Waals surface area contributed by atoms with Gasteiger partial charge in [0.25, 0.3) is 0 Å². The minimum absolute atomic E-state index is 0.182. The predicted molar refractivity (Wildman–Crippen MR) is 53.5 cm³/mol. The van der Waals surface area contributed by atoms with Crippen molar-refractivity contribution in [2.24, 2.45) is 0 Å². The molecule has 5 nitrogen and oxygen atoms in total. The maximum absolute atomic E-state index is 10.9. The lowest BCUT2D eigenvalue weighted by Gasteiger charge is -2.01. The standard InChI is InChI=1S/C10H9N3O2/c1-6-8(10(14)15)4-9(13-12-6)7-2-3-11-5-7/h2-5,11H,1H3,(H,14,15). The van der Waals surface area contributed by atoms with Crippen molar-refractivity contribution in [3.8, 4) is 11.3 Å². The van der Waals surface area contributed by atoms with Crippen LogP contribution < -0.4 is 0 Å². The first kappa shape index (κ1) is 9.39. The lowest BCUT2D eigenvalue weighted by atomic mass is 10.1. The zero-order valence-corrected chi connectivity index (χ0v) is 8.06. The molecular weight excluding hydrogens is 194 g/mol. The first-order valence-electron chi connectivity index (χ1n) is 4.39. The van der Waals surface area contributed by atoms with Crippen molar-refractivity contribution in [1.29, 1.82) is 0 Å². The highest BCUT2D eigenvalue weighted by molar-refractivity contribution is 5.89. The molecule has 2 rings (SSSR count). The van der Waals surface area contributed by atoms with Crippen LogP contribution in [0, 0.1) is 6.92 Å². The van der Waals surface area contributed by atoms with Gasteiger partial charge in [-0.05, 0) is 19.1 Å². The SMILES string of the molecule is Cc1nnc(-c2cc[nH]c2)cc1C(=O)O. The average Bonchev–Trinajstić information content (AvgIpc) is 2.71. The molecule has 0 amide bonds. The molecule has 76 valence electrons. The van der Waals surface area contributed by atoms with Gasteiger partial charge in [0.05, 0.1) is 17.0 Å². The molecule has 0 aliphatic rings. The van der Waals surface area contributed by atoms with Crippen LogP contribution in [0.1, 0.15) is 16.1 Å². The fraction of sp³-hybridized carbons (Fsp3) is 0.100. The van der Waals surface area contributed by atoms with E-state index in [4.69, 9.17) is 5.11 Å². The Morgan fingerprint density at radius 3 is 2.87 bits per heavy atom. The van der Waals surface area contributed by atoms with Crippen LogP contribution in [0.15, 0.2) is 24.5 Å². The van der Waals surface area contributed by atoms with Gasteiger partial charge in [-0.3, -0.25) is 0 Å². The van der Waals surface area contributed by atoms with Gasteiger partial charge in [-0.2, -0.15) is 10.2 Å². The van der Waals surface area contributed by atoms with Gasteiger partial charge in [0, 0.05) is 18.0 Å². The molecule has 0 radical (unpaired) electrons. The van der Waals surface area contributed by atoms with E-state index in [1.54, 1.807) is 19.3 Å². The Kier molecular flexibility index (Phi) is 2.21. The molecule has 15 heavy (non-hydrogen) atoms. The molecule has 0 aliphatic heterocycles. The van der Waals surface area contributed by atoms with Crippen molar-refractivity contribution >= 4 is 5.97 Å². The second-order valence-corrected chi connectivity index (χ2v) is 3.13. The van der Waals surface area contributed by atoms with Gasteiger partial charge in [-0.25, -0.2) is 4.79 Å². The van der Waals surface area contributed by atoms with Gasteiger partial charge in [0.15, 0.2) is 0 Å². The number of aromatic nitrogens is 3. The van der Waals surface area contributed by atoms with Crippen molar-refractivity contribution < 1.29 is 9.90 Å². The molecular formula is C10H9N3O2. The highest BCUT2D eigenvalue weighted by Gasteiger charge is 2.11. The summed E-state index contributed by atoms with van der Waals surface area (Å²) < 4.78 is 0. The van der Waals surface area contributed by atoms with E-state index in [-0.39, 0.29) is 5.56 Å². The van der Waals surface area contributed by atoms with Crippen LogP contribution in [-0.2, 0) is 0 Å². The summed E-state index contributed by atoms with van der Waals surface area (Å²) in [5.41, 5.74) is 1.98. The van der Waals surface area contributed by atoms with Crippen LogP contribution in [0.25, 0.3) is 11.3 Å². The van der Waals surface area contributed by atoms with Crippen LogP contribution >= 0.6 is 0 Å². The van der Waals surface area contributed by atoms with E-state index in [0.29, 0.717) is 11.4 Å². The monoisotopic (exact) mass is 203 g/mol. The quantitative estimate of drug-likeness (QED) is 0.774. The van der Waals surface area contributed by atoms with Crippen LogP contribution in [0.3, 0.4) is 0 Å². The fourth-order valence-corrected chi connectivity index (χ4v) is 1.29. The molecule has 0 fully saturated rings. The number of carboxylic acid groups (broad SMARTS) is 1. The number of carbonyl (C=O) groups is 1. The Morgan fingerprint density at radius 2 is 2.27 bits per heavy atom. The van der Waals surface area contributed by atoms with Crippen LogP contribution in [0.4, 0.5) is 0 Å². The summed E-state index contributed by atoms with van der Waals surface area (Å²) in [4.78, 5) is 13.7. The van der Waals surface area contributed by atoms with Crippen molar-refractivity contribution in [2.45, 2.75) is 6.92 Å². The van der Waals surface area contributed by atoms with Crippen molar-refractivity contribution in [1.82, 2.24) is 15.2 Å². The molecule has 0 saturated heterocycles. The van der Waals surface area contributed by atoms with Crippen molar-refractivity contribution in [3.05, 3.63) is 35.8 Å². The number of nitrogens with zero attached hydrogens (tertiary/aromatic N) is 2. The fourth-order valence-electron chi connectivity index (χ4n) is 1.29. The second kappa shape index (κ2) is 3.53. The minimum atomic E-state index is -0.987. The van der Waals surface area contributed by atoms with Gasteiger partial charge >= 0.3 is 5.97 Å². The summed E-state index contributed by atoms with van der Waals surface area (Å²) in [6.07, 6.45) is 3.49. The summed E-state index contributed by atoms with van der Waals surface area (Å²) in [7, 11) is 0. The molecule has 0 atom stereocenters. The van der Waals surface area contributed by atoms with Crippen LogP contribution in [-0.4, -0.2) is 26.3 Å². The maximum atomic E-state index is 10.9. The summed E-state index contributed by atoms with van der Waals surface area (Å²) in [5, 5.41) is 16.7. The third-order valence-electron chi connectivity index (χ3n) is 2.10. The molecule has 2 aromatic heterocycles. The van der Waals surface area contributed by atoms with E-state index in [2.05, 4.69) is 15.2 Å². The molecule has 0 unspecified atom stereocenters. The molecule has 0 aliphatic carbocycles. The lowest BCUT2D eigenvalue weighted by molar-refractivity contribution is 0.0695. The number of carboxylic acids is 1. The summed E-state index contributed by atoms with van der Waals surface area (Å²) in [5.74, 6) is -0.987. The lowest BCUT2D eigenvalue weighted by Crippen LogP contribution is -2.03. The van der Waals surface area contributed by atoms with E-state index in [9.17, 15) is 4.79 Å². The Balaban J connectivity index is 2.52. The van der Waals surface area contributed by atoms with Gasteiger partial charge in [-0.15, -0.1) is 0 Å². The Labute approximate surface area is 85.8 Å². The zero-order valence-electron chi connectivity index (χ0n) is 8.06. The maximum Gasteiger partial charge on any atom is 0.337 e. The van der Waals surface area contributed by atoms with Gasteiger partial charge in [0.1, 0.15) is 0 Å². The molecule has 0 spiro atoms. The predicted octanol–water partition coefficient (Wildman–Crippen LogP) is 1.48. The smallest absolute Gasteiger partial charge is 0.337 e. The third-order valence-corrected chi connectivity index (χ3v) is 2.10. The topological polar surface area (TPSA) is 78.9 Å². The molecule has 2 aromatic rings. The summed E-state index contributed by atoms with van der Waals surface area (Å²) in [6.45, 7) is 1.62. The van der Waals surface area contributed by atoms with E-state index < -0.39 is 5.97 Å². The molecule has 2 heterocycles. The normalized spacial score (nSPS) is 10.2. The third kappa shape index (κ3) is 1.71. The number of aromatic carboxylic acids is 1. The second-order valence-electron chi connectivity index (χ2n) is 3.13. The number of aryl methyl sites for hydroxylation is 1. The molecule has 5 heteroatoms. The van der Waals surface area contributed by atoms with Gasteiger partial charge in [-0.1, -0.05) is 0 Å². The summed E-state index contributed by atoms with van der Waals surface area (Å²) in [6, 6.07) is 3.33. The Bertz CT molecular complexity index is 491.